The maximum absolute atomic E-state index is 14.9. The van der Waals surface area contributed by atoms with Crippen LogP contribution in [0, 0.1) is 11.2 Å². The van der Waals surface area contributed by atoms with Crippen molar-refractivity contribution in [3.05, 3.63) is 83.1 Å². The van der Waals surface area contributed by atoms with Gasteiger partial charge in [0.05, 0.1) is 24.0 Å². The summed E-state index contributed by atoms with van der Waals surface area (Å²) in [6.07, 6.45) is 13.8. The SMILES string of the molecule is CCc1cc(C(=N)c2cnc(NC(=O)N[C@H](COC)C3=CC=CC=CC3)c(F)c2N)ccn1. The molecule has 33 heavy (non-hydrogen) atoms. The lowest BCUT2D eigenvalue weighted by Gasteiger charge is -2.21. The number of nitrogens with two attached hydrogens (primary N) is 1. The van der Waals surface area contributed by atoms with E-state index in [4.69, 9.17) is 15.9 Å². The van der Waals surface area contributed by atoms with Crippen molar-refractivity contribution < 1.29 is 13.9 Å². The van der Waals surface area contributed by atoms with Gasteiger partial charge in [0, 0.05) is 36.3 Å². The Labute approximate surface area is 192 Å². The molecule has 0 unspecified atom stereocenters. The molecule has 2 aromatic rings. The summed E-state index contributed by atoms with van der Waals surface area (Å²) >= 11 is 0. The molecule has 0 bridgehead atoms. The second-order valence-electron chi connectivity index (χ2n) is 7.38. The van der Waals surface area contributed by atoms with Gasteiger partial charge in [-0.15, -0.1) is 0 Å². The van der Waals surface area contributed by atoms with Gasteiger partial charge in [-0.1, -0.05) is 37.3 Å². The van der Waals surface area contributed by atoms with E-state index in [0.29, 0.717) is 18.4 Å². The van der Waals surface area contributed by atoms with Gasteiger partial charge >= 0.3 is 6.03 Å². The molecular weight excluding hydrogens is 423 g/mol. The van der Waals surface area contributed by atoms with Gasteiger partial charge < -0.3 is 15.8 Å². The summed E-state index contributed by atoms with van der Waals surface area (Å²) in [5, 5.41) is 13.6. The first-order chi connectivity index (χ1) is 15.9. The Kier molecular flexibility index (Phi) is 8.04. The van der Waals surface area contributed by atoms with E-state index < -0.39 is 17.9 Å². The number of carbonyl (C=O) groups is 1. The van der Waals surface area contributed by atoms with Gasteiger partial charge in [-0.05, 0) is 30.5 Å². The van der Waals surface area contributed by atoms with Crippen molar-refractivity contribution in [2.24, 2.45) is 0 Å². The van der Waals surface area contributed by atoms with E-state index in [0.717, 1.165) is 11.3 Å². The number of nitrogens with one attached hydrogen (secondary N) is 3. The van der Waals surface area contributed by atoms with Gasteiger partial charge in [-0.3, -0.25) is 15.7 Å². The maximum Gasteiger partial charge on any atom is 0.321 e. The first-order valence-corrected chi connectivity index (χ1v) is 10.5. The van der Waals surface area contributed by atoms with Crippen LogP contribution in [0.2, 0.25) is 0 Å². The van der Waals surface area contributed by atoms with Gasteiger partial charge in [0.2, 0.25) is 0 Å². The molecule has 0 aliphatic heterocycles. The zero-order valence-corrected chi connectivity index (χ0v) is 18.6. The summed E-state index contributed by atoms with van der Waals surface area (Å²) < 4.78 is 20.2. The quantitative estimate of drug-likeness (QED) is 0.456. The number of methoxy groups -OCH3 is 1. The molecule has 1 atom stereocenters. The molecule has 3 rings (SSSR count). The first-order valence-electron chi connectivity index (χ1n) is 10.5. The molecule has 9 heteroatoms. The second-order valence-corrected chi connectivity index (χ2v) is 7.38. The Morgan fingerprint density at radius 3 is 2.91 bits per heavy atom. The van der Waals surface area contributed by atoms with Crippen molar-refractivity contribution in [3.8, 4) is 0 Å². The Hall–Kier alpha value is -3.85. The molecule has 0 aromatic carbocycles. The molecule has 0 saturated carbocycles. The summed E-state index contributed by atoms with van der Waals surface area (Å²) in [4.78, 5) is 20.8. The molecule has 2 heterocycles. The summed E-state index contributed by atoms with van der Waals surface area (Å²) in [5.74, 6) is -1.23. The average molecular weight is 451 g/mol. The third-order valence-corrected chi connectivity index (χ3v) is 5.13. The van der Waals surface area contributed by atoms with Gasteiger partial charge in [-0.2, -0.15) is 0 Å². The molecular formula is C24H27FN6O2. The molecule has 5 N–H and O–H groups in total. The van der Waals surface area contributed by atoms with Crippen molar-refractivity contribution in [2.75, 3.05) is 24.8 Å². The normalized spacial score (nSPS) is 13.7. The number of nitrogen functional groups attached to an aromatic ring is 1. The predicted octanol–water partition coefficient (Wildman–Crippen LogP) is 3.76. The number of amides is 2. The third kappa shape index (κ3) is 5.89. The third-order valence-electron chi connectivity index (χ3n) is 5.13. The van der Waals surface area contributed by atoms with E-state index in [2.05, 4.69) is 20.6 Å². The highest BCUT2D eigenvalue weighted by Crippen LogP contribution is 2.24. The Morgan fingerprint density at radius 1 is 1.33 bits per heavy atom. The Bertz CT molecular complexity index is 1130. The lowest BCUT2D eigenvalue weighted by molar-refractivity contribution is 0.177. The number of ether oxygens (including phenoxy) is 1. The lowest BCUT2D eigenvalue weighted by Crippen LogP contribution is -2.42. The summed E-state index contributed by atoms with van der Waals surface area (Å²) in [6, 6.07) is 2.35. The largest absolute Gasteiger partial charge is 0.396 e. The summed E-state index contributed by atoms with van der Waals surface area (Å²) in [7, 11) is 1.54. The van der Waals surface area contributed by atoms with E-state index in [-0.39, 0.29) is 29.4 Å². The van der Waals surface area contributed by atoms with E-state index >= 15 is 0 Å². The topological polar surface area (TPSA) is 126 Å². The van der Waals surface area contributed by atoms with E-state index in [1.807, 2.05) is 37.3 Å². The Morgan fingerprint density at radius 2 is 2.15 bits per heavy atom. The summed E-state index contributed by atoms with van der Waals surface area (Å²) in [5.41, 5.74) is 8.15. The molecule has 1 aliphatic rings. The van der Waals surface area contributed by atoms with Crippen LogP contribution in [0.5, 0.6) is 0 Å². The molecule has 0 radical (unpaired) electrons. The standard InChI is InChI=1S/C24H27FN6O2/c1-3-17-12-16(10-11-28-17)21(26)18-13-29-23(20(25)22(18)27)31-24(32)30-19(14-33-2)15-8-6-4-5-7-9-15/h4-8,10-13,19,26H,3,9,14H2,1-2H3,(H4,27,29,30,31,32)/t19-/m1/s1. The van der Waals surface area contributed by atoms with Crippen LogP contribution in [-0.4, -0.2) is 41.5 Å². The van der Waals surface area contributed by atoms with Gasteiger partial charge in [0.25, 0.3) is 0 Å². The molecule has 2 amide bonds. The monoisotopic (exact) mass is 450 g/mol. The van der Waals surface area contributed by atoms with E-state index in [1.165, 1.54) is 13.3 Å². The number of allylic oxidation sites excluding steroid dienone is 5. The van der Waals surface area contributed by atoms with Crippen LogP contribution in [0.25, 0.3) is 0 Å². The highest BCUT2D eigenvalue weighted by atomic mass is 19.1. The smallest absolute Gasteiger partial charge is 0.321 e. The van der Waals surface area contributed by atoms with Crippen LogP contribution in [-0.2, 0) is 11.2 Å². The molecule has 2 aromatic heterocycles. The number of hydrogen-bond donors (Lipinski definition) is 4. The van der Waals surface area contributed by atoms with Crippen LogP contribution >= 0.6 is 0 Å². The molecule has 0 fully saturated rings. The minimum Gasteiger partial charge on any atom is -0.396 e. The van der Waals surface area contributed by atoms with Crippen molar-refractivity contribution in [1.82, 2.24) is 15.3 Å². The number of nitrogens with zero attached hydrogens (tertiary/aromatic N) is 2. The van der Waals surface area contributed by atoms with Crippen LogP contribution in [0.15, 0.2) is 60.5 Å². The van der Waals surface area contributed by atoms with Crippen LogP contribution in [0.1, 0.15) is 30.2 Å². The molecule has 1 aliphatic carbocycles. The number of urea groups is 1. The zero-order valence-electron chi connectivity index (χ0n) is 18.6. The number of hydrogen-bond acceptors (Lipinski definition) is 6. The van der Waals surface area contributed by atoms with Crippen LogP contribution in [0.3, 0.4) is 0 Å². The van der Waals surface area contributed by atoms with Crippen molar-refractivity contribution in [1.29, 1.82) is 5.41 Å². The highest BCUT2D eigenvalue weighted by molar-refractivity contribution is 6.14. The average Bonchev–Trinajstić information content (AvgIpc) is 3.11. The lowest BCUT2D eigenvalue weighted by atomic mass is 10.0. The predicted molar refractivity (Wildman–Crippen MR) is 127 cm³/mol. The number of aryl methyl sites for hydroxylation is 1. The van der Waals surface area contributed by atoms with Crippen molar-refractivity contribution in [2.45, 2.75) is 25.8 Å². The molecule has 0 saturated heterocycles. The molecule has 8 nitrogen and oxygen atoms in total. The number of rotatable bonds is 8. The highest BCUT2D eigenvalue weighted by Gasteiger charge is 2.21. The first kappa shape index (κ1) is 23.8. The second kappa shape index (κ2) is 11.1. The minimum absolute atomic E-state index is 0.0218. The fourth-order valence-electron chi connectivity index (χ4n) is 3.33. The minimum atomic E-state index is -0.903. The van der Waals surface area contributed by atoms with Crippen molar-refractivity contribution in [3.63, 3.8) is 0 Å². The van der Waals surface area contributed by atoms with Gasteiger partial charge in [0.1, 0.15) is 0 Å². The number of halogens is 1. The number of anilines is 2. The van der Waals surface area contributed by atoms with Crippen LogP contribution < -0.4 is 16.4 Å². The van der Waals surface area contributed by atoms with Gasteiger partial charge in [0.15, 0.2) is 11.6 Å². The number of pyridine rings is 2. The molecule has 172 valence electrons. The van der Waals surface area contributed by atoms with E-state index in [1.54, 1.807) is 18.3 Å². The maximum atomic E-state index is 14.9. The van der Waals surface area contributed by atoms with Gasteiger partial charge in [-0.25, -0.2) is 14.2 Å². The van der Waals surface area contributed by atoms with Crippen LogP contribution in [0.4, 0.5) is 20.7 Å². The fourth-order valence-corrected chi connectivity index (χ4v) is 3.33. The number of carbonyl (C=O) groups excluding carboxylic acids is 1. The number of aromatic nitrogens is 2. The van der Waals surface area contributed by atoms with E-state index in [9.17, 15) is 9.18 Å². The van der Waals surface area contributed by atoms with Crippen molar-refractivity contribution >= 4 is 23.2 Å². The zero-order chi connectivity index (χ0) is 23.8. The summed E-state index contributed by atoms with van der Waals surface area (Å²) in [6.45, 7) is 2.20. The molecule has 0 spiro atoms. The fraction of sp³-hybridized carbons (Fsp3) is 0.250. The Balaban J connectivity index is 1.76.